The van der Waals surface area contributed by atoms with Crippen LogP contribution >= 0.6 is 0 Å². The van der Waals surface area contributed by atoms with Gasteiger partial charge < -0.3 is 26.0 Å². The van der Waals surface area contributed by atoms with Gasteiger partial charge in [0.25, 0.3) is 5.16 Å². The first kappa shape index (κ1) is 26.4. The van der Waals surface area contributed by atoms with Crippen LogP contribution in [0.5, 0.6) is 17.5 Å². The second-order valence-electron chi connectivity index (χ2n) is 6.73. The summed E-state index contributed by atoms with van der Waals surface area (Å²) in [5.74, 6) is -5.94. The van der Waals surface area contributed by atoms with Gasteiger partial charge in [0, 0.05) is 19.1 Å². The van der Waals surface area contributed by atoms with Crippen molar-refractivity contribution in [3.63, 3.8) is 0 Å². The summed E-state index contributed by atoms with van der Waals surface area (Å²) in [6, 6.07) is 4.90. The zero-order valence-electron chi connectivity index (χ0n) is 17.7. The monoisotopic (exact) mass is 508 g/mol. The maximum Gasteiger partial charge on any atom is 0.392 e. The second kappa shape index (κ2) is 10.4. The Morgan fingerprint density at radius 3 is 2.37 bits per heavy atom. The summed E-state index contributed by atoms with van der Waals surface area (Å²) in [5, 5.41) is 29.1. The molecule has 0 bridgehead atoms. The lowest BCUT2D eigenvalue weighted by Crippen LogP contribution is -2.29. The zero-order valence-corrected chi connectivity index (χ0v) is 18.5. The summed E-state index contributed by atoms with van der Waals surface area (Å²) < 4.78 is 34.5. The Morgan fingerprint density at radius 2 is 1.89 bits per heavy atom. The van der Waals surface area contributed by atoms with Crippen LogP contribution in [0.4, 0.5) is 5.69 Å². The minimum Gasteiger partial charge on any atom is -0.479 e. The number of carboxylic acids is 1. The van der Waals surface area contributed by atoms with Gasteiger partial charge in [0.1, 0.15) is 5.75 Å². The van der Waals surface area contributed by atoms with Crippen molar-refractivity contribution in [3.05, 3.63) is 39.4 Å². The third kappa shape index (κ3) is 6.58. The van der Waals surface area contributed by atoms with Gasteiger partial charge in [-0.2, -0.15) is 15.2 Å². The number of aliphatic carboxylic acids is 1. The van der Waals surface area contributed by atoms with Crippen LogP contribution in [0.2, 0.25) is 0 Å². The third-order valence-corrected chi connectivity index (χ3v) is 4.93. The number of nitro groups is 1. The van der Waals surface area contributed by atoms with Crippen molar-refractivity contribution in [1.82, 2.24) is 9.97 Å². The fourth-order valence-corrected chi connectivity index (χ4v) is 3.01. The van der Waals surface area contributed by atoms with Crippen molar-refractivity contribution >= 4 is 33.3 Å². The van der Waals surface area contributed by atoms with E-state index in [1.807, 2.05) is 0 Å². The molecule has 184 valence electrons. The number of ether oxygens (including phenoxy) is 2. The molecule has 1 aromatic carbocycles. The van der Waals surface area contributed by atoms with E-state index in [0.29, 0.717) is 6.26 Å². The molecule has 1 aromatic heterocycles. The van der Waals surface area contributed by atoms with Crippen molar-refractivity contribution in [2.75, 3.05) is 6.26 Å². The zero-order chi connectivity index (χ0) is 26.5. The normalized spacial score (nSPS) is 11.7. The van der Waals surface area contributed by atoms with Gasteiger partial charge in [0.2, 0.25) is 21.7 Å². The van der Waals surface area contributed by atoms with E-state index in [1.54, 1.807) is 6.07 Å². The minimum atomic E-state index is -4.24. The van der Waals surface area contributed by atoms with Gasteiger partial charge in [-0.25, -0.2) is 13.2 Å². The predicted molar refractivity (Wildman–Crippen MR) is 112 cm³/mol. The van der Waals surface area contributed by atoms with Crippen LogP contribution in [0, 0.1) is 21.4 Å². The molecule has 5 N–H and O–H groups in total. The molecule has 0 radical (unpaired) electrons. The van der Waals surface area contributed by atoms with Gasteiger partial charge >= 0.3 is 23.4 Å². The van der Waals surface area contributed by atoms with Crippen molar-refractivity contribution in [1.29, 1.82) is 5.26 Å². The second-order valence-corrected chi connectivity index (χ2v) is 8.64. The van der Waals surface area contributed by atoms with Crippen LogP contribution in [0.25, 0.3) is 0 Å². The van der Waals surface area contributed by atoms with Gasteiger partial charge in [0.05, 0.1) is 22.1 Å². The number of nitriles is 1. The molecule has 0 spiro atoms. The highest BCUT2D eigenvalue weighted by molar-refractivity contribution is 7.90. The first-order valence-electron chi connectivity index (χ1n) is 9.20. The fraction of sp³-hybridized carbons (Fsp3) is 0.222. The molecule has 1 heterocycles. The Hall–Kier alpha value is -4.85. The highest BCUT2D eigenvalue weighted by Crippen LogP contribution is 2.38. The number of aromatic nitrogens is 2. The Kier molecular flexibility index (Phi) is 7.84. The molecule has 2 aromatic rings. The molecule has 0 fully saturated rings. The van der Waals surface area contributed by atoms with Crippen molar-refractivity contribution < 1.29 is 42.3 Å². The summed E-state index contributed by atoms with van der Waals surface area (Å²) in [5.41, 5.74) is 8.58. The predicted octanol–water partition coefficient (Wildman–Crippen LogP) is -0.351. The highest BCUT2D eigenvalue weighted by atomic mass is 32.2. The number of nitrogens with zero attached hydrogens (tertiary/aromatic N) is 4. The maximum absolute atomic E-state index is 12.1. The lowest BCUT2D eigenvalue weighted by atomic mass is 10.1. The molecular weight excluding hydrogens is 492 g/mol. The van der Waals surface area contributed by atoms with Gasteiger partial charge in [-0.3, -0.25) is 19.7 Å². The van der Waals surface area contributed by atoms with E-state index in [0.717, 1.165) is 18.2 Å². The summed E-state index contributed by atoms with van der Waals surface area (Å²) in [7, 11) is -4.24. The Bertz CT molecular complexity index is 1370. The number of primary amides is 2. The highest BCUT2D eigenvalue weighted by Gasteiger charge is 2.34. The lowest BCUT2D eigenvalue weighted by molar-refractivity contribution is -0.387. The molecule has 1 atom stereocenters. The molecule has 35 heavy (non-hydrogen) atoms. The average Bonchev–Trinajstić information content (AvgIpc) is 2.74. The molecule has 0 aliphatic rings. The van der Waals surface area contributed by atoms with Crippen LogP contribution < -0.4 is 20.9 Å². The third-order valence-electron chi connectivity index (χ3n) is 4.09. The molecule has 0 saturated heterocycles. The number of rotatable bonds is 11. The number of benzene rings is 1. The summed E-state index contributed by atoms with van der Waals surface area (Å²) in [6.45, 7) is 0. The van der Waals surface area contributed by atoms with Crippen molar-refractivity contribution in [2.45, 2.75) is 24.1 Å². The molecule has 16 nitrogen and oxygen atoms in total. The average molecular weight is 508 g/mol. The Morgan fingerprint density at radius 1 is 1.26 bits per heavy atom. The number of carboxylic acid groups (broad SMARTS) is 1. The molecule has 2 amide bonds. The standard InChI is InChI=1S/C18H16N6O10S/c1-35(31,32)18-22-15(33-9-3-2-8(7-19)10(6-9)14(21)26)13(24(29)30)16(23-18)34-11(17(27)28)4-5-12(20)25/h2-3,6,11H,4-5H2,1H3,(H2,20,25)(H2,21,26)(H,27,28). The lowest BCUT2D eigenvalue weighted by Gasteiger charge is -2.15. The quantitative estimate of drug-likeness (QED) is 0.199. The Balaban J connectivity index is 2.69. The number of carbonyl (C=O) groups is 3. The van der Waals surface area contributed by atoms with Crippen LogP contribution in [-0.2, 0) is 19.4 Å². The van der Waals surface area contributed by atoms with Gasteiger partial charge in [-0.05, 0) is 18.2 Å². The Labute approximate surface area is 196 Å². The van der Waals surface area contributed by atoms with Crippen LogP contribution in [-0.4, -0.2) is 58.6 Å². The van der Waals surface area contributed by atoms with Gasteiger partial charge in [-0.15, -0.1) is 0 Å². The molecular formula is C18H16N6O10S. The summed E-state index contributed by atoms with van der Waals surface area (Å²) in [4.78, 5) is 51.7. The SMILES string of the molecule is CS(=O)(=O)c1nc(Oc2ccc(C#N)c(C(N)=O)c2)c([N+](=O)[O-])c(OC(CCC(N)=O)C(=O)O)n1. The van der Waals surface area contributed by atoms with Crippen LogP contribution in [0.1, 0.15) is 28.8 Å². The smallest absolute Gasteiger partial charge is 0.392 e. The van der Waals surface area contributed by atoms with Crippen molar-refractivity contribution in [3.8, 4) is 23.6 Å². The maximum atomic E-state index is 12.1. The number of sulfone groups is 1. The summed E-state index contributed by atoms with van der Waals surface area (Å²) in [6.07, 6.45) is -2.21. The largest absolute Gasteiger partial charge is 0.479 e. The van der Waals surface area contributed by atoms with E-state index in [1.165, 1.54) is 0 Å². The molecule has 17 heteroatoms. The molecule has 0 aliphatic carbocycles. The number of nitrogens with two attached hydrogens (primary N) is 2. The number of hydrogen-bond acceptors (Lipinski definition) is 12. The van der Waals surface area contributed by atoms with E-state index in [2.05, 4.69) is 9.97 Å². The molecule has 2 rings (SSSR count). The first-order valence-corrected chi connectivity index (χ1v) is 11.1. The van der Waals surface area contributed by atoms with Crippen LogP contribution in [0.3, 0.4) is 0 Å². The molecule has 0 saturated carbocycles. The van der Waals surface area contributed by atoms with Gasteiger partial charge in [-0.1, -0.05) is 0 Å². The van der Waals surface area contributed by atoms with Gasteiger partial charge in [0.15, 0.2) is 6.10 Å². The van der Waals surface area contributed by atoms with E-state index < -0.39 is 74.1 Å². The molecule has 0 aliphatic heterocycles. The number of carbonyl (C=O) groups excluding carboxylic acids is 2. The van der Waals surface area contributed by atoms with Crippen molar-refractivity contribution in [2.24, 2.45) is 11.5 Å². The minimum absolute atomic E-state index is 0.137. The number of hydrogen-bond donors (Lipinski definition) is 3. The van der Waals surface area contributed by atoms with E-state index in [4.69, 9.17) is 26.2 Å². The van der Waals surface area contributed by atoms with Crippen LogP contribution in [0.15, 0.2) is 23.4 Å². The number of amides is 2. The van der Waals surface area contributed by atoms with E-state index >= 15 is 0 Å². The van der Waals surface area contributed by atoms with E-state index in [9.17, 15) is 38.0 Å². The fourth-order valence-electron chi connectivity index (χ4n) is 2.51. The first-order chi connectivity index (χ1) is 16.2. The van der Waals surface area contributed by atoms with E-state index in [-0.39, 0.29) is 16.9 Å². The molecule has 1 unspecified atom stereocenters. The topological polar surface area (TPSA) is 269 Å². The summed E-state index contributed by atoms with van der Waals surface area (Å²) >= 11 is 0.